The quantitative estimate of drug-likeness (QED) is 0.768. The smallest absolute Gasteiger partial charge is 0.224 e. The van der Waals surface area contributed by atoms with Crippen LogP contribution in [0.2, 0.25) is 0 Å². The summed E-state index contributed by atoms with van der Waals surface area (Å²) in [6.45, 7) is 15.2. The van der Waals surface area contributed by atoms with E-state index in [4.69, 9.17) is 0 Å². The number of carbonyl (C=O) groups is 1. The molecule has 0 spiro atoms. The number of amides is 1. The van der Waals surface area contributed by atoms with Gasteiger partial charge in [0.05, 0.1) is 12.1 Å². The summed E-state index contributed by atoms with van der Waals surface area (Å²) < 4.78 is 2.03. The first kappa shape index (κ1) is 20.9. The van der Waals surface area contributed by atoms with Gasteiger partial charge in [-0.1, -0.05) is 13.8 Å². The van der Waals surface area contributed by atoms with Crippen molar-refractivity contribution >= 4 is 18.3 Å². The van der Waals surface area contributed by atoms with Gasteiger partial charge in [-0.2, -0.15) is 5.10 Å². The predicted molar refractivity (Wildman–Crippen MR) is 99.8 cm³/mol. The van der Waals surface area contributed by atoms with E-state index in [1.165, 1.54) is 0 Å². The van der Waals surface area contributed by atoms with E-state index < -0.39 is 0 Å². The third-order valence-electron chi connectivity index (χ3n) is 4.37. The van der Waals surface area contributed by atoms with Gasteiger partial charge in [0, 0.05) is 57.1 Å². The minimum Gasteiger partial charge on any atom is -0.355 e. The number of nitrogens with one attached hydrogen (secondary N) is 2. The molecule has 2 rings (SSSR count). The number of hydrogen-bond acceptors (Lipinski definition) is 4. The fourth-order valence-electron chi connectivity index (χ4n) is 3.02. The predicted octanol–water partition coefficient (Wildman–Crippen LogP) is 1.14. The van der Waals surface area contributed by atoms with Crippen LogP contribution in [-0.2, 0) is 17.8 Å². The SMILES string of the molecule is Cc1nn(CC(C)C)c(C)c1CC(=O)NCCN1CCNCC1.Cl. The second-order valence-corrected chi connectivity index (χ2v) is 6.84. The van der Waals surface area contributed by atoms with Crippen molar-refractivity contribution in [3.63, 3.8) is 0 Å². The molecule has 1 aromatic rings. The molecule has 6 nitrogen and oxygen atoms in total. The van der Waals surface area contributed by atoms with Crippen molar-refractivity contribution in [2.75, 3.05) is 39.3 Å². The number of aromatic nitrogens is 2. The van der Waals surface area contributed by atoms with Gasteiger partial charge in [-0.3, -0.25) is 14.4 Å². The lowest BCUT2D eigenvalue weighted by atomic mass is 10.1. The monoisotopic (exact) mass is 357 g/mol. The summed E-state index contributed by atoms with van der Waals surface area (Å²) in [6, 6.07) is 0. The first-order valence-corrected chi connectivity index (χ1v) is 8.70. The maximum Gasteiger partial charge on any atom is 0.224 e. The van der Waals surface area contributed by atoms with Crippen molar-refractivity contribution in [2.24, 2.45) is 5.92 Å². The third kappa shape index (κ3) is 6.07. The van der Waals surface area contributed by atoms with Gasteiger partial charge in [0.15, 0.2) is 0 Å². The van der Waals surface area contributed by atoms with Crippen molar-refractivity contribution < 1.29 is 4.79 Å². The number of nitrogens with zero attached hydrogens (tertiary/aromatic N) is 3. The fraction of sp³-hybridized carbons (Fsp3) is 0.765. The van der Waals surface area contributed by atoms with Crippen molar-refractivity contribution in [3.8, 4) is 0 Å². The molecular weight excluding hydrogens is 326 g/mol. The number of carbonyl (C=O) groups excluding carboxylic acids is 1. The van der Waals surface area contributed by atoms with E-state index in [-0.39, 0.29) is 18.3 Å². The first-order chi connectivity index (χ1) is 11.0. The maximum absolute atomic E-state index is 12.2. The molecule has 2 N–H and O–H groups in total. The average molecular weight is 358 g/mol. The highest BCUT2D eigenvalue weighted by Crippen LogP contribution is 2.15. The topological polar surface area (TPSA) is 62.2 Å². The Bertz CT molecular complexity index is 523. The summed E-state index contributed by atoms with van der Waals surface area (Å²) in [5.41, 5.74) is 3.17. The van der Waals surface area contributed by atoms with Gasteiger partial charge < -0.3 is 10.6 Å². The second-order valence-electron chi connectivity index (χ2n) is 6.84. The first-order valence-electron chi connectivity index (χ1n) is 8.70. The third-order valence-corrected chi connectivity index (χ3v) is 4.37. The molecule has 7 heteroatoms. The molecule has 0 unspecified atom stereocenters. The Balaban J connectivity index is 0.00000288. The summed E-state index contributed by atoms with van der Waals surface area (Å²) >= 11 is 0. The Morgan fingerprint density at radius 1 is 1.29 bits per heavy atom. The lowest BCUT2D eigenvalue weighted by Gasteiger charge is -2.27. The minimum atomic E-state index is 0. The van der Waals surface area contributed by atoms with Gasteiger partial charge in [0.25, 0.3) is 0 Å². The molecule has 0 saturated carbocycles. The van der Waals surface area contributed by atoms with Crippen LogP contribution in [0, 0.1) is 19.8 Å². The highest BCUT2D eigenvalue weighted by molar-refractivity contribution is 5.85. The Kier molecular flexibility index (Phi) is 8.73. The van der Waals surface area contributed by atoms with Crippen molar-refractivity contribution in [3.05, 3.63) is 17.0 Å². The highest BCUT2D eigenvalue weighted by atomic mass is 35.5. The van der Waals surface area contributed by atoms with Crippen molar-refractivity contribution in [2.45, 2.75) is 40.7 Å². The van der Waals surface area contributed by atoms with Crippen LogP contribution in [0.5, 0.6) is 0 Å². The molecule has 1 aliphatic rings. The average Bonchev–Trinajstić information content (AvgIpc) is 2.75. The summed E-state index contributed by atoms with van der Waals surface area (Å²) in [6.07, 6.45) is 0.428. The summed E-state index contributed by atoms with van der Waals surface area (Å²) in [5.74, 6) is 0.643. The molecule has 0 atom stereocenters. The van der Waals surface area contributed by atoms with Crippen LogP contribution in [0.3, 0.4) is 0 Å². The Morgan fingerprint density at radius 2 is 1.96 bits per heavy atom. The Hall–Kier alpha value is -1.11. The van der Waals surface area contributed by atoms with E-state index in [0.29, 0.717) is 12.3 Å². The van der Waals surface area contributed by atoms with Crippen LogP contribution in [0.1, 0.15) is 30.8 Å². The molecule has 1 saturated heterocycles. The summed E-state index contributed by atoms with van der Waals surface area (Å²) in [5, 5.41) is 11.0. The van der Waals surface area contributed by atoms with Gasteiger partial charge in [-0.25, -0.2) is 0 Å². The number of hydrogen-bond donors (Lipinski definition) is 2. The van der Waals surface area contributed by atoms with Crippen LogP contribution < -0.4 is 10.6 Å². The summed E-state index contributed by atoms with van der Waals surface area (Å²) in [4.78, 5) is 14.6. The fourth-order valence-corrected chi connectivity index (χ4v) is 3.02. The van der Waals surface area contributed by atoms with Crippen molar-refractivity contribution in [1.82, 2.24) is 25.3 Å². The number of aryl methyl sites for hydroxylation is 1. The van der Waals surface area contributed by atoms with E-state index in [2.05, 4.69) is 41.4 Å². The zero-order valence-corrected chi connectivity index (χ0v) is 16.2. The zero-order valence-electron chi connectivity index (χ0n) is 15.4. The van der Waals surface area contributed by atoms with E-state index >= 15 is 0 Å². The van der Waals surface area contributed by atoms with Gasteiger partial charge in [-0.05, 0) is 19.8 Å². The van der Waals surface area contributed by atoms with E-state index in [1.54, 1.807) is 0 Å². The standard InChI is InChI=1S/C17H31N5O.ClH/c1-13(2)12-22-15(4)16(14(3)20-22)11-17(23)19-7-10-21-8-5-18-6-9-21;/h13,18H,5-12H2,1-4H3,(H,19,23);1H. The summed E-state index contributed by atoms with van der Waals surface area (Å²) in [7, 11) is 0. The molecule has 0 radical (unpaired) electrons. The Morgan fingerprint density at radius 3 is 2.58 bits per heavy atom. The molecule has 138 valence electrons. The maximum atomic E-state index is 12.2. The zero-order chi connectivity index (χ0) is 16.8. The molecule has 0 aromatic carbocycles. The molecule has 1 aliphatic heterocycles. The van der Waals surface area contributed by atoms with Crippen LogP contribution >= 0.6 is 12.4 Å². The molecule has 1 fully saturated rings. The van der Waals surface area contributed by atoms with E-state index in [9.17, 15) is 4.79 Å². The van der Waals surface area contributed by atoms with Gasteiger partial charge >= 0.3 is 0 Å². The minimum absolute atomic E-state index is 0. The number of halogens is 1. The van der Waals surface area contributed by atoms with Gasteiger partial charge in [0.1, 0.15) is 0 Å². The molecular formula is C17H32ClN5O. The molecule has 1 aromatic heterocycles. The lowest BCUT2D eigenvalue weighted by Crippen LogP contribution is -2.46. The number of piperazine rings is 1. The van der Waals surface area contributed by atoms with Crippen LogP contribution in [0.25, 0.3) is 0 Å². The van der Waals surface area contributed by atoms with Crippen LogP contribution in [0.4, 0.5) is 0 Å². The molecule has 0 aliphatic carbocycles. The van der Waals surface area contributed by atoms with Crippen molar-refractivity contribution in [1.29, 1.82) is 0 Å². The normalized spacial score (nSPS) is 15.4. The highest BCUT2D eigenvalue weighted by Gasteiger charge is 2.16. The second kappa shape index (κ2) is 10.0. The number of rotatable bonds is 7. The van der Waals surface area contributed by atoms with Crippen LogP contribution in [0.15, 0.2) is 0 Å². The van der Waals surface area contributed by atoms with Gasteiger partial charge in [-0.15, -0.1) is 12.4 Å². The van der Waals surface area contributed by atoms with E-state index in [0.717, 1.165) is 62.8 Å². The van der Waals surface area contributed by atoms with Gasteiger partial charge in [0.2, 0.25) is 5.91 Å². The lowest BCUT2D eigenvalue weighted by molar-refractivity contribution is -0.120. The molecule has 24 heavy (non-hydrogen) atoms. The molecule has 1 amide bonds. The van der Waals surface area contributed by atoms with Crippen LogP contribution in [-0.4, -0.2) is 59.9 Å². The Labute approximate surface area is 151 Å². The molecule has 2 heterocycles. The molecule has 0 bridgehead atoms. The largest absolute Gasteiger partial charge is 0.355 e. The van der Waals surface area contributed by atoms with E-state index in [1.807, 2.05) is 11.6 Å².